The van der Waals surface area contributed by atoms with Gasteiger partial charge in [-0.15, -0.1) is 0 Å². The second-order valence-electron chi connectivity index (χ2n) is 11.7. The van der Waals surface area contributed by atoms with Gasteiger partial charge in [0, 0.05) is 22.1 Å². The summed E-state index contributed by atoms with van der Waals surface area (Å²) in [5, 5.41) is 11.9. The highest BCUT2D eigenvalue weighted by molar-refractivity contribution is 6.23. The molecule has 0 saturated heterocycles. The molecule has 46 heavy (non-hydrogen) atoms. The first kappa shape index (κ1) is 26.4. The molecule has 0 aliphatic rings. The van der Waals surface area contributed by atoms with E-state index < -0.39 is 0 Å². The largest absolute Gasteiger partial charge is 0.231 e. The Kier molecular flexibility index (Phi) is 6.04. The second-order valence-corrected chi connectivity index (χ2v) is 11.7. The number of hydrogen-bond acceptors (Lipinski definition) is 1. The van der Waals surface area contributed by atoms with Crippen LogP contribution in [0.25, 0.3) is 82.6 Å². The van der Waals surface area contributed by atoms with E-state index in [1.54, 1.807) is 6.07 Å². The van der Waals surface area contributed by atoms with Gasteiger partial charge in [0.1, 0.15) is 11.5 Å². The van der Waals surface area contributed by atoms with Crippen molar-refractivity contribution in [3.05, 3.63) is 170 Å². The molecule has 0 spiro atoms. The summed E-state index contributed by atoms with van der Waals surface area (Å²) >= 11 is 0. The van der Waals surface area contributed by atoms with Gasteiger partial charge in [0.15, 0.2) is 0 Å². The molecular formula is C43H27FN2. The van der Waals surface area contributed by atoms with Crippen LogP contribution in [0.15, 0.2) is 164 Å². The molecule has 3 heteroatoms. The molecule has 2 aromatic heterocycles. The van der Waals surface area contributed by atoms with Gasteiger partial charge in [-0.3, -0.25) is 0 Å². The Hall–Kier alpha value is -6.06. The summed E-state index contributed by atoms with van der Waals surface area (Å²) in [5.41, 5.74) is 9.21. The molecule has 0 unspecified atom stereocenters. The smallest absolute Gasteiger partial charge is 0.123 e. The highest BCUT2D eigenvalue weighted by Crippen LogP contribution is 2.48. The van der Waals surface area contributed by atoms with Crippen LogP contribution in [0.4, 0.5) is 4.39 Å². The lowest BCUT2D eigenvalue weighted by Gasteiger charge is -2.17. The molecule has 9 rings (SSSR count). The van der Waals surface area contributed by atoms with Gasteiger partial charge < -0.3 is 0 Å². The van der Waals surface area contributed by atoms with Crippen molar-refractivity contribution in [2.75, 3.05) is 0 Å². The van der Waals surface area contributed by atoms with Gasteiger partial charge in [0.05, 0.1) is 11.2 Å². The molecule has 0 amide bonds. The average molecular weight is 591 g/mol. The summed E-state index contributed by atoms with van der Waals surface area (Å²) < 4.78 is 17.1. The standard InChI is InChI=1S/C43H27FN2/c44-32-25-24-31-26-38(28-14-4-1-5-15-28)46-43(37(31)27-32)40(30-18-8-3-9-19-30)42(45-46)41-35-22-12-10-20-33(35)39(29-16-6-2-7-17-29)34-21-11-13-23-36(34)41/h1-27H. The van der Waals surface area contributed by atoms with E-state index in [1.165, 1.54) is 17.2 Å². The zero-order valence-corrected chi connectivity index (χ0v) is 24.9. The Bertz CT molecular complexity index is 2510. The van der Waals surface area contributed by atoms with E-state index in [4.69, 9.17) is 5.10 Å². The third kappa shape index (κ3) is 4.06. The fourth-order valence-corrected chi connectivity index (χ4v) is 7.08. The van der Waals surface area contributed by atoms with Crippen LogP contribution < -0.4 is 0 Å². The Morgan fingerprint density at radius 3 is 1.46 bits per heavy atom. The second kappa shape index (κ2) is 10.5. The summed E-state index contributed by atoms with van der Waals surface area (Å²) in [6.07, 6.45) is 0. The maximum Gasteiger partial charge on any atom is 0.123 e. The Morgan fingerprint density at radius 1 is 0.413 bits per heavy atom. The van der Waals surface area contributed by atoms with Crippen LogP contribution >= 0.6 is 0 Å². The number of nitrogens with zero attached hydrogens (tertiary/aromatic N) is 2. The first-order valence-electron chi connectivity index (χ1n) is 15.5. The van der Waals surface area contributed by atoms with E-state index in [0.29, 0.717) is 0 Å². The molecule has 0 N–H and O–H groups in total. The minimum atomic E-state index is -0.272. The summed E-state index contributed by atoms with van der Waals surface area (Å²) in [6.45, 7) is 0. The van der Waals surface area contributed by atoms with E-state index in [9.17, 15) is 0 Å². The van der Waals surface area contributed by atoms with Crippen LogP contribution in [-0.2, 0) is 0 Å². The Labute approximate surface area is 265 Å². The van der Waals surface area contributed by atoms with Gasteiger partial charge in [0.2, 0.25) is 0 Å². The molecule has 216 valence electrons. The molecule has 0 aliphatic heterocycles. The predicted octanol–water partition coefficient (Wildman–Crippen LogP) is 11.6. The molecule has 0 aliphatic carbocycles. The van der Waals surface area contributed by atoms with Gasteiger partial charge >= 0.3 is 0 Å². The lowest BCUT2D eigenvalue weighted by Crippen LogP contribution is -1.96. The third-order valence-electron chi connectivity index (χ3n) is 9.04. The first-order valence-corrected chi connectivity index (χ1v) is 15.5. The molecule has 7 aromatic carbocycles. The van der Waals surface area contributed by atoms with Crippen molar-refractivity contribution >= 4 is 37.8 Å². The fourth-order valence-electron chi connectivity index (χ4n) is 7.08. The highest BCUT2D eigenvalue weighted by Gasteiger charge is 2.25. The highest BCUT2D eigenvalue weighted by atomic mass is 19.1. The molecular weight excluding hydrogens is 563 g/mol. The number of benzene rings is 7. The minimum Gasteiger partial charge on any atom is -0.231 e. The van der Waals surface area contributed by atoms with Gasteiger partial charge in [-0.2, -0.15) is 5.10 Å². The van der Waals surface area contributed by atoms with Gasteiger partial charge in [-0.05, 0) is 61.8 Å². The van der Waals surface area contributed by atoms with Crippen molar-refractivity contribution in [2.45, 2.75) is 0 Å². The minimum absolute atomic E-state index is 0.272. The molecule has 0 saturated carbocycles. The first-order chi connectivity index (χ1) is 22.8. The molecule has 9 aromatic rings. The van der Waals surface area contributed by atoms with E-state index in [2.05, 4.69) is 121 Å². The van der Waals surface area contributed by atoms with Gasteiger partial charge in [-0.1, -0.05) is 146 Å². The quantitative estimate of drug-likeness (QED) is 0.186. The lowest BCUT2D eigenvalue weighted by atomic mass is 9.86. The zero-order chi connectivity index (χ0) is 30.6. The summed E-state index contributed by atoms with van der Waals surface area (Å²) in [4.78, 5) is 0. The summed E-state index contributed by atoms with van der Waals surface area (Å²) in [5.74, 6) is -0.272. The van der Waals surface area contributed by atoms with Crippen molar-refractivity contribution in [1.82, 2.24) is 9.61 Å². The predicted molar refractivity (Wildman–Crippen MR) is 189 cm³/mol. The number of aromatic nitrogens is 2. The Morgan fingerprint density at radius 2 is 0.891 bits per heavy atom. The number of hydrogen-bond donors (Lipinski definition) is 0. The summed E-state index contributed by atoms with van der Waals surface area (Å²) in [7, 11) is 0. The molecule has 0 bridgehead atoms. The van der Waals surface area contributed by atoms with Crippen LogP contribution in [-0.4, -0.2) is 9.61 Å². The third-order valence-corrected chi connectivity index (χ3v) is 9.04. The zero-order valence-electron chi connectivity index (χ0n) is 24.9. The molecule has 2 nitrogen and oxygen atoms in total. The van der Waals surface area contributed by atoms with Gasteiger partial charge in [0.25, 0.3) is 0 Å². The Balaban J connectivity index is 1.52. The number of halogens is 1. The van der Waals surface area contributed by atoms with Crippen molar-refractivity contribution in [3.63, 3.8) is 0 Å². The normalized spacial score (nSPS) is 11.6. The molecule has 0 radical (unpaired) electrons. The SMILES string of the molecule is Fc1ccc2cc(-c3ccccc3)n3nc(-c4c5ccccc5c(-c5ccccc5)c5ccccc45)c(-c4ccccc4)c3c2c1. The van der Waals surface area contributed by atoms with E-state index in [-0.39, 0.29) is 5.82 Å². The van der Waals surface area contributed by atoms with Crippen molar-refractivity contribution in [2.24, 2.45) is 0 Å². The number of pyridine rings is 1. The van der Waals surface area contributed by atoms with Crippen molar-refractivity contribution < 1.29 is 4.39 Å². The average Bonchev–Trinajstić information content (AvgIpc) is 3.52. The van der Waals surface area contributed by atoms with Crippen LogP contribution in [0, 0.1) is 5.82 Å². The topological polar surface area (TPSA) is 17.3 Å². The van der Waals surface area contributed by atoms with E-state index in [1.807, 2.05) is 34.8 Å². The van der Waals surface area contributed by atoms with Crippen molar-refractivity contribution in [3.8, 4) is 44.8 Å². The molecule has 2 heterocycles. The van der Waals surface area contributed by atoms with Crippen molar-refractivity contribution in [1.29, 1.82) is 0 Å². The van der Waals surface area contributed by atoms with Crippen LogP contribution in [0.2, 0.25) is 0 Å². The molecule has 0 atom stereocenters. The lowest BCUT2D eigenvalue weighted by molar-refractivity contribution is 0.630. The summed E-state index contributed by atoms with van der Waals surface area (Å²) in [6, 6.07) is 55.8. The van der Waals surface area contributed by atoms with E-state index in [0.717, 1.165) is 71.5 Å². The van der Waals surface area contributed by atoms with E-state index >= 15 is 4.39 Å². The van der Waals surface area contributed by atoms with Crippen LogP contribution in [0.5, 0.6) is 0 Å². The maximum absolute atomic E-state index is 15.0. The maximum atomic E-state index is 15.0. The van der Waals surface area contributed by atoms with Crippen LogP contribution in [0.1, 0.15) is 0 Å². The number of fused-ring (bicyclic) bond motifs is 5. The monoisotopic (exact) mass is 590 g/mol. The van der Waals surface area contributed by atoms with Gasteiger partial charge in [-0.25, -0.2) is 8.91 Å². The molecule has 0 fully saturated rings. The number of rotatable bonds is 4. The fraction of sp³-hybridized carbons (Fsp3) is 0. The van der Waals surface area contributed by atoms with Crippen LogP contribution in [0.3, 0.4) is 0 Å².